The zero-order valence-corrected chi connectivity index (χ0v) is 17.7. The summed E-state index contributed by atoms with van der Waals surface area (Å²) >= 11 is 0. The van der Waals surface area contributed by atoms with Gasteiger partial charge in [-0.25, -0.2) is 4.57 Å². The number of hydrogen-bond donors (Lipinski definition) is 0. The Morgan fingerprint density at radius 1 is 1.16 bits per heavy atom. The van der Waals surface area contributed by atoms with Crippen LogP contribution in [0, 0.1) is 10.8 Å². The smallest absolute Gasteiger partial charge is 0.390 e. The van der Waals surface area contributed by atoms with Gasteiger partial charge < -0.3 is 13.6 Å². The Kier molecular flexibility index (Phi) is 7.09. The second-order valence-corrected chi connectivity index (χ2v) is 11.6. The van der Waals surface area contributed by atoms with Crippen molar-refractivity contribution < 1.29 is 27.5 Å². The van der Waals surface area contributed by atoms with Gasteiger partial charge in [-0.3, -0.25) is 14.2 Å². The summed E-state index contributed by atoms with van der Waals surface area (Å²) in [5, 5.41) is 0. The maximum absolute atomic E-state index is 12.9. The fourth-order valence-electron chi connectivity index (χ4n) is 2.29. The maximum atomic E-state index is 12.9. The maximum Gasteiger partial charge on any atom is 0.395 e. The SMILES string of the molecule is CCCCN(CP1OCC(C)(C)CO1)CP1(=O)OCC(C)(C)C(=O)O1. The number of nitrogens with zero attached hydrogens (tertiary/aromatic N) is 1. The van der Waals surface area contributed by atoms with E-state index in [9.17, 15) is 9.36 Å². The van der Waals surface area contributed by atoms with E-state index in [2.05, 4.69) is 20.8 Å². The van der Waals surface area contributed by atoms with Gasteiger partial charge in [0.2, 0.25) is 0 Å². The van der Waals surface area contributed by atoms with Crippen LogP contribution in [-0.4, -0.2) is 49.8 Å². The molecule has 0 N–H and O–H groups in total. The van der Waals surface area contributed by atoms with Gasteiger partial charge in [0.25, 0.3) is 0 Å². The molecule has 25 heavy (non-hydrogen) atoms. The summed E-state index contributed by atoms with van der Waals surface area (Å²) in [5.41, 5.74) is -0.735. The van der Waals surface area contributed by atoms with Crippen LogP contribution in [0.5, 0.6) is 0 Å². The van der Waals surface area contributed by atoms with E-state index in [1.807, 2.05) is 4.90 Å². The first-order valence-corrected chi connectivity index (χ1v) is 11.9. The van der Waals surface area contributed by atoms with Crippen LogP contribution < -0.4 is 0 Å². The minimum atomic E-state index is -3.46. The van der Waals surface area contributed by atoms with Gasteiger partial charge in [-0.15, -0.1) is 0 Å². The molecule has 0 saturated carbocycles. The number of carbonyl (C=O) groups is 1. The third-order valence-electron chi connectivity index (χ3n) is 4.11. The van der Waals surface area contributed by atoms with Crippen LogP contribution in [0.4, 0.5) is 0 Å². The first-order chi connectivity index (χ1) is 11.6. The molecule has 0 spiro atoms. The van der Waals surface area contributed by atoms with Crippen molar-refractivity contribution in [1.82, 2.24) is 4.90 Å². The predicted octanol–water partition coefficient (Wildman–Crippen LogP) is 4.18. The molecule has 0 aromatic rings. The second-order valence-electron chi connectivity index (χ2n) is 8.22. The number of hydrogen-bond acceptors (Lipinski definition) is 7. The molecular formula is C16H31NO6P2. The lowest BCUT2D eigenvalue weighted by atomic mass is 9.96. The molecule has 0 radical (unpaired) electrons. The monoisotopic (exact) mass is 395 g/mol. The summed E-state index contributed by atoms with van der Waals surface area (Å²) in [6.45, 7) is 11.9. The summed E-state index contributed by atoms with van der Waals surface area (Å²) in [6, 6.07) is 0. The highest BCUT2D eigenvalue weighted by Gasteiger charge is 2.45. The molecule has 2 aliphatic heterocycles. The van der Waals surface area contributed by atoms with Crippen molar-refractivity contribution >= 4 is 21.9 Å². The number of unbranched alkanes of at least 4 members (excludes halogenated alkanes) is 1. The van der Waals surface area contributed by atoms with Crippen LogP contribution in [0.3, 0.4) is 0 Å². The molecule has 0 bridgehead atoms. The summed E-state index contributed by atoms with van der Waals surface area (Å²) in [4.78, 5) is 14.0. The fraction of sp³-hybridized carbons (Fsp3) is 0.938. The second kappa shape index (κ2) is 8.33. The fourth-order valence-corrected chi connectivity index (χ4v) is 6.19. The lowest BCUT2D eigenvalue weighted by molar-refractivity contribution is -0.151. The number of carbonyl (C=O) groups excluding carboxylic acids is 1. The Morgan fingerprint density at radius 2 is 1.80 bits per heavy atom. The molecule has 2 fully saturated rings. The summed E-state index contributed by atoms with van der Waals surface area (Å²) < 4.78 is 35.2. The highest BCUT2D eigenvalue weighted by atomic mass is 31.2. The van der Waals surface area contributed by atoms with Crippen LogP contribution in [0.1, 0.15) is 47.5 Å². The average molecular weight is 395 g/mol. The van der Waals surface area contributed by atoms with Crippen LogP contribution in [-0.2, 0) is 27.5 Å². The van der Waals surface area contributed by atoms with Crippen molar-refractivity contribution in [2.75, 3.05) is 38.9 Å². The normalized spacial score (nSPS) is 29.6. The molecule has 0 aliphatic carbocycles. The molecule has 0 aromatic carbocycles. The molecule has 0 amide bonds. The third-order valence-corrected chi connectivity index (χ3v) is 7.29. The van der Waals surface area contributed by atoms with Gasteiger partial charge in [-0.2, -0.15) is 0 Å². The van der Waals surface area contributed by atoms with Crippen molar-refractivity contribution in [3.8, 4) is 0 Å². The van der Waals surface area contributed by atoms with Gasteiger partial charge in [-0.05, 0) is 26.8 Å². The van der Waals surface area contributed by atoms with E-state index in [1.54, 1.807) is 13.8 Å². The van der Waals surface area contributed by atoms with Crippen molar-refractivity contribution in [3.05, 3.63) is 0 Å². The average Bonchev–Trinajstić information content (AvgIpc) is 2.51. The summed E-state index contributed by atoms with van der Waals surface area (Å²) in [7, 11) is -4.52. The van der Waals surface area contributed by atoms with Crippen molar-refractivity contribution in [2.45, 2.75) is 47.5 Å². The van der Waals surface area contributed by atoms with E-state index in [0.29, 0.717) is 19.5 Å². The molecule has 1 unspecified atom stereocenters. The highest BCUT2D eigenvalue weighted by molar-refractivity contribution is 7.54. The summed E-state index contributed by atoms with van der Waals surface area (Å²) in [6.07, 6.45) is 2.60. The molecule has 7 nitrogen and oxygen atoms in total. The Hall–Kier alpha value is -0.0300. The van der Waals surface area contributed by atoms with Gasteiger partial charge in [0, 0.05) is 5.41 Å². The highest BCUT2D eigenvalue weighted by Crippen LogP contribution is 2.55. The molecule has 1 atom stereocenters. The van der Waals surface area contributed by atoms with E-state index < -0.39 is 27.4 Å². The Bertz CT molecular complexity index is 515. The van der Waals surface area contributed by atoms with E-state index in [4.69, 9.17) is 18.1 Å². The standard InChI is InChI=1S/C16H31NO6P2/c1-6-7-8-17(12-24-20-9-15(2,3)10-21-24)13-25(19)22-11-16(4,5)14(18)23-25/h6-13H2,1-5H3. The Morgan fingerprint density at radius 3 is 2.36 bits per heavy atom. The van der Waals surface area contributed by atoms with Crippen molar-refractivity contribution in [1.29, 1.82) is 0 Å². The zero-order chi connectivity index (χ0) is 18.7. The minimum Gasteiger partial charge on any atom is -0.390 e. The van der Waals surface area contributed by atoms with Gasteiger partial charge in [0.05, 0.1) is 31.5 Å². The molecular weight excluding hydrogens is 364 g/mol. The lowest BCUT2D eigenvalue weighted by Gasteiger charge is -2.38. The molecule has 2 saturated heterocycles. The van der Waals surface area contributed by atoms with Crippen LogP contribution in [0.25, 0.3) is 0 Å². The van der Waals surface area contributed by atoms with Gasteiger partial charge in [-0.1, -0.05) is 27.2 Å². The molecule has 2 aliphatic rings. The van der Waals surface area contributed by atoms with Gasteiger partial charge in [0.15, 0.2) is 8.38 Å². The molecule has 0 aromatic heterocycles. The first-order valence-electron chi connectivity index (χ1n) is 8.79. The van der Waals surface area contributed by atoms with Crippen molar-refractivity contribution in [3.63, 3.8) is 0 Å². The first kappa shape index (κ1) is 21.3. The van der Waals surface area contributed by atoms with Gasteiger partial charge in [0.1, 0.15) is 6.29 Å². The lowest BCUT2D eigenvalue weighted by Crippen LogP contribution is -2.38. The predicted molar refractivity (Wildman–Crippen MR) is 97.4 cm³/mol. The van der Waals surface area contributed by atoms with E-state index >= 15 is 0 Å². The third kappa shape index (κ3) is 6.27. The Balaban J connectivity index is 1.95. The van der Waals surface area contributed by atoms with Crippen LogP contribution in [0.15, 0.2) is 0 Å². The zero-order valence-electron chi connectivity index (χ0n) is 15.9. The number of rotatable bonds is 7. The van der Waals surface area contributed by atoms with Crippen LogP contribution in [0.2, 0.25) is 0 Å². The van der Waals surface area contributed by atoms with Crippen molar-refractivity contribution in [2.24, 2.45) is 10.8 Å². The molecule has 9 heteroatoms. The Labute approximate surface area is 152 Å². The topological polar surface area (TPSA) is 74.3 Å². The molecule has 2 heterocycles. The largest absolute Gasteiger partial charge is 0.395 e. The summed E-state index contributed by atoms with van der Waals surface area (Å²) in [5.74, 6) is -0.463. The minimum absolute atomic E-state index is 0.0213. The van der Waals surface area contributed by atoms with Crippen LogP contribution >= 0.6 is 16.0 Å². The van der Waals surface area contributed by atoms with E-state index in [1.165, 1.54) is 0 Å². The van der Waals surface area contributed by atoms with E-state index in [0.717, 1.165) is 19.4 Å². The van der Waals surface area contributed by atoms with Gasteiger partial charge >= 0.3 is 13.6 Å². The quantitative estimate of drug-likeness (QED) is 0.599. The molecule has 146 valence electrons. The van der Waals surface area contributed by atoms with E-state index in [-0.39, 0.29) is 18.3 Å². The molecule has 2 rings (SSSR count).